The summed E-state index contributed by atoms with van der Waals surface area (Å²) in [6, 6.07) is 7.75. The molecule has 6 nitrogen and oxygen atoms in total. The minimum atomic E-state index is -3.14. The first-order valence-corrected chi connectivity index (χ1v) is 10.7. The Balaban J connectivity index is 2.63. The zero-order chi connectivity index (χ0) is 18.9. The quantitative estimate of drug-likeness (QED) is 0.401. The van der Waals surface area contributed by atoms with Crippen LogP contribution in [0.25, 0.3) is 0 Å². The van der Waals surface area contributed by atoms with E-state index >= 15 is 0 Å². The Bertz CT molecular complexity index is 664. The van der Waals surface area contributed by atoms with Gasteiger partial charge in [-0.1, -0.05) is 30.7 Å². The lowest BCUT2D eigenvalue weighted by Gasteiger charge is -2.22. The zero-order valence-electron chi connectivity index (χ0n) is 15.5. The van der Waals surface area contributed by atoms with Crippen LogP contribution in [0.5, 0.6) is 0 Å². The van der Waals surface area contributed by atoms with Crippen molar-refractivity contribution in [3.63, 3.8) is 0 Å². The van der Waals surface area contributed by atoms with Gasteiger partial charge in [0, 0.05) is 44.8 Å². The average Bonchev–Trinajstić information content (AvgIpc) is 2.52. The van der Waals surface area contributed by atoms with Gasteiger partial charge in [0.15, 0.2) is 5.96 Å². The first-order chi connectivity index (χ1) is 11.8. The van der Waals surface area contributed by atoms with Crippen LogP contribution in [0, 0.1) is 0 Å². The third-order valence-electron chi connectivity index (χ3n) is 3.65. The van der Waals surface area contributed by atoms with E-state index in [4.69, 9.17) is 11.6 Å². The molecule has 0 radical (unpaired) electrons. The van der Waals surface area contributed by atoms with Gasteiger partial charge in [-0.25, -0.2) is 12.7 Å². The SMILES string of the molecule is CCNC(=NCCCN(CC)S(C)(=O)=O)N(C)Cc1cccc(Cl)c1. The molecule has 0 unspecified atom stereocenters. The largest absolute Gasteiger partial charge is 0.357 e. The number of sulfonamides is 1. The predicted octanol–water partition coefficient (Wildman–Crippen LogP) is 2.41. The molecular weight excluding hydrogens is 360 g/mol. The lowest BCUT2D eigenvalue weighted by molar-refractivity contribution is 0.425. The van der Waals surface area contributed by atoms with Crippen molar-refractivity contribution in [2.75, 3.05) is 39.5 Å². The van der Waals surface area contributed by atoms with E-state index in [0.717, 1.165) is 18.1 Å². The van der Waals surface area contributed by atoms with E-state index in [2.05, 4.69) is 10.3 Å². The second-order valence-electron chi connectivity index (χ2n) is 5.83. The fraction of sp³-hybridized carbons (Fsp3) is 0.588. The molecule has 1 N–H and O–H groups in total. The van der Waals surface area contributed by atoms with E-state index in [1.807, 2.05) is 50.1 Å². The Labute approximate surface area is 156 Å². The van der Waals surface area contributed by atoms with Crippen LogP contribution in [0.2, 0.25) is 5.02 Å². The lowest BCUT2D eigenvalue weighted by atomic mass is 10.2. The molecule has 8 heteroatoms. The number of hydrogen-bond acceptors (Lipinski definition) is 3. The van der Waals surface area contributed by atoms with Gasteiger partial charge in [-0.2, -0.15) is 0 Å². The topological polar surface area (TPSA) is 65.0 Å². The first kappa shape index (κ1) is 21.7. The van der Waals surface area contributed by atoms with Crippen LogP contribution in [0.15, 0.2) is 29.3 Å². The molecule has 0 saturated heterocycles. The van der Waals surface area contributed by atoms with Crippen molar-refractivity contribution in [3.8, 4) is 0 Å². The van der Waals surface area contributed by atoms with E-state index in [-0.39, 0.29) is 0 Å². The van der Waals surface area contributed by atoms with Crippen LogP contribution in [-0.4, -0.2) is 63.1 Å². The molecule has 25 heavy (non-hydrogen) atoms. The van der Waals surface area contributed by atoms with Gasteiger partial charge >= 0.3 is 0 Å². The molecule has 1 aromatic rings. The maximum Gasteiger partial charge on any atom is 0.211 e. The Kier molecular flexibility index (Phi) is 9.24. The highest BCUT2D eigenvalue weighted by molar-refractivity contribution is 7.88. The predicted molar refractivity (Wildman–Crippen MR) is 106 cm³/mol. The van der Waals surface area contributed by atoms with Crippen LogP contribution in [0.1, 0.15) is 25.8 Å². The van der Waals surface area contributed by atoms with E-state index in [0.29, 0.717) is 37.6 Å². The fourth-order valence-corrected chi connectivity index (χ4v) is 3.59. The summed E-state index contributed by atoms with van der Waals surface area (Å²) in [5.74, 6) is 0.796. The van der Waals surface area contributed by atoms with Gasteiger partial charge in [0.2, 0.25) is 10.0 Å². The summed E-state index contributed by atoms with van der Waals surface area (Å²) in [5.41, 5.74) is 1.11. The lowest BCUT2D eigenvalue weighted by Crippen LogP contribution is -2.38. The van der Waals surface area contributed by atoms with Crippen molar-refractivity contribution in [3.05, 3.63) is 34.9 Å². The molecule has 0 spiro atoms. The highest BCUT2D eigenvalue weighted by Crippen LogP contribution is 2.12. The number of guanidine groups is 1. The Morgan fingerprint density at radius 1 is 1.32 bits per heavy atom. The minimum absolute atomic E-state index is 0.482. The molecule has 1 aromatic carbocycles. The molecule has 0 aliphatic carbocycles. The molecule has 0 amide bonds. The molecule has 0 aliphatic heterocycles. The first-order valence-electron chi connectivity index (χ1n) is 8.47. The van der Waals surface area contributed by atoms with Gasteiger partial charge in [-0.05, 0) is 31.0 Å². The normalized spacial score (nSPS) is 12.5. The van der Waals surface area contributed by atoms with Gasteiger partial charge < -0.3 is 10.2 Å². The number of rotatable bonds is 9. The third-order valence-corrected chi connectivity index (χ3v) is 5.27. The van der Waals surface area contributed by atoms with Gasteiger partial charge in [-0.15, -0.1) is 0 Å². The van der Waals surface area contributed by atoms with Gasteiger partial charge in [0.05, 0.1) is 6.26 Å². The maximum atomic E-state index is 11.6. The van der Waals surface area contributed by atoms with Crippen molar-refractivity contribution in [2.45, 2.75) is 26.8 Å². The summed E-state index contributed by atoms with van der Waals surface area (Å²) in [6.07, 6.45) is 1.92. The Morgan fingerprint density at radius 2 is 2.04 bits per heavy atom. The smallest absolute Gasteiger partial charge is 0.211 e. The van der Waals surface area contributed by atoms with E-state index in [1.54, 1.807) is 0 Å². The van der Waals surface area contributed by atoms with Crippen LogP contribution >= 0.6 is 11.6 Å². The highest BCUT2D eigenvalue weighted by Gasteiger charge is 2.13. The molecule has 0 aromatic heterocycles. The van der Waals surface area contributed by atoms with Crippen molar-refractivity contribution in [1.82, 2.24) is 14.5 Å². The van der Waals surface area contributed by atoms with Crippen LogP contribution in [0.4, 0.5) is 0 Å². The number of hydrogen-bond donors (Lipinski definition) is 1. The molecule has 142 valence electrons. The van der Waals surface area contributed by atoms with Crippen LogP contribution < -0.4 is 5.32 Å². The second-order valence-corrected chi connectivity index (χ2v) is 8.25. The van der Waals surface area contributed by atoms with Crippen LogP contribution in [-0.2, 0) is 16.6 Å². The zero-order valence-corrected chi connectivity index (χ0v) is 17.1. The highest BCUT2D eigenvalue weighted by atomic mass is 35.5. The summed E-state index contributed by atoms with van der Waals surface area (Å²) >= 11 is 6.03. The molecule has 0 heterocycles. The maximum absolute atomic E-state index is 11.6. The number of benzene rings is 1. The number of halogens is 1. The van der Waals surface area contributed by atoms with E-state index < -0.39 is 10.0 Å². The Morgan fingerprint density at radius 3 is 2.60 bits per heavy atom. The summed E-state index contributed by atoms with van der Waals surface area (Å²) in [6.45, 7) is 6.85. The van der Waals surface area contributed by atoms with Crippen molar-refractivity contribution in [1.29, 1.82) is 0 Å². The van der Waals surface area contributed by atoms with Crippen LogP contribution in [0.3, 0.4) is 0 Å². The second kappa shape index (κ2) is 10.6. The number of nitrogens with one attached hydrogen (secondary N) is 1. The summed E-state index contributed by atoms with van der Waals surface area (Å²) in [7, 11) is -1.17. The monoisotopic (exact) mass is 388 g/mol. The van der Waals surface area contributed by atoms with Crippen molar-refractivity contribution < 1.29 is 8.42 Å². The number of aliphatic imine (C=N–C) groups is 1. The molecule has 0 bridgehead atoms. The van der Waals surface area contributed by atoms with Gasteiger partial charge in [0.1, 0.15) is 0 Å². The summed E-state index contributed by atoms with van der Waals surface area (Å²) in [4.78, 5) is 6.63. The molecule has 0 fully saturated rings. The average molecular weight is 389 g/mol. The summed E-state index contributed by atoms with van der Waals surface area (Å²) < 4.78 is 24.6. The van der Waals surface area contributed by atoms with Gasteiger partial charge in [-0.3, -0.25) is 4.99 Å². The van der Waals surface area contributed by atoms with Gasteiger partial charge in [0.25, 0.3) is 0 Å². The molecule has 0 saturated carbocycles. The van der Waals surface area contributed by atoms with E-state index in [1.165, 1.54) is 10.6 Å². The third kappa shape index (κ3) is 8.07. The molecule has 0 aliphatic rings. The molecular formula is C17H29ClN4O2S. The number of nitrogens with zero attached hydrogens (tertiary/aromatic N) is 3. The van der Waals surface area contributed by atoms with E-state index in [9.17, 15) is 8.42 Å². The molecule has 1 rings (SSSR count). The standard InChI is InChI=1S/C17H29ClN4O2S/c1-5-19-17(20-11-8-12-22(6-2)25(4,23)24)21(3)14-15-9-7-10-16(18)13-15/h7,9-10,13H,5-6,8,11-12,14H2,1-4H3,(H,19,20). The summed E-state index contributed by atoms with van der Waals surface area (Å²) in [5, 5.41) is 3.98. The van der Waals surface area contributed by atoms with Crippen molar-refractivity contribution >= 4 is 27.6 Å². The van der Waals surface area contributed by atoms with Crippen molar-refractivity contribution in [2.24, 2.45) is 4.99 Å². The minimum Gasteiger partial charge on any atom is -0.357 e. The Hall–Kier alpha value is -1.31. The fourth-order valence-electron chi connectivity index (χ4n) is 2.44. The molecule has 0 atom stereocenters.